The van der Waals surface area contributed by atoms with Gasteiger partial charge in [-0.15, -0.1) is 0 Å². The van der Waals surface area contributed by atoms with Crippen molar-refractivity contribution in [3.8, 4) is 11.5 Å². The molecule has 2 fully saturated rings. The van der Waals surface area contributed by atoms with Crippen molar-refractivity contribution in [3.05, 3.63) is 30.0 Å². The summed E-state index contributed by atoms with van der Waals surface area (Å²) in [7, 11) is -1.62. The van der Waals surface area contributed by atoms with E-state index >= 15 is 0 Å². The first-order chi connectivity index (χ1) is 16.8. The van der Waals surface area contributed by atoms with E-state index in [-0.39, 0.29) is 4.90 Å². The summed E-state index contributed by atoms with van der Waals surface area (Å²) in [5.74, 6) is 2.45. The van der Waals surface area contributed by atoms with E-state index in [0.29, 0.717) is 56.8 Å². The van der Waals surface area contributed by atoms with Gasteiger partial charge in [0.15, 0.2) is 0 Å². The molecule has 35 heavy (non-hydrogen) atoms. The molecule has 0 radical (unpaired) electrons. The number of sulfonamides is 1. The molecule has 0 spiro atoms. The first-order valence-electron chi connectivity index (χ1n) is 12.3. The number of benzene rings is 1. The van der Waals surface area contributed by atoms with Gasteiger partial charge in [0.2, 0.25) is 16.0 Å². The summed E-state index contributed by atoms with van der Waals surface area (Å²) in [5, 5.41) is 0. The highest BCUT2D eigenvalue weighted by molar-refractivity contribution is 7.89. The van der Waals surface area contributed by atoms with Crippen LogP contribution in [0.15, 0.2) is 29.2 Å². The number of piperazine rings is 2. The molecule has 0 aliphatic carbocycles. The van der Waals surface area contributed by atoms with E-state index in [2.05, 4.69) is 26.7 Å². The van der Waals surface area contributed by atoms with Gasteiger partial charge in [0.05, 0.1) is 13.2 Å². The molecule has 192 valence electrons. The summed E-state index contributed by atoms with van der Waals surface area (Å²) in [4.78, 5) is 16.3. The zero-order chi connectivity index (χ0) is 25.0. The summed E-state index contributed by atoms with van der Waals surface area (Å²) in [6.45, 7) is 12.1. The standard InChI is InChI=1S/C24H36N6O4S/c1-5-33-20-7-8-21(34-6-2)22(18-20)35(31,32)30-15-13-29(14-16-30)24-25-19(3)17-23(26-24)28-11-9-27(4)10-12-28/h7-8,17-18H,5-6,9-16H2,1-4H3. The van der Waals surface area contributed by atoms with E-state index in [4.69, 9.17) is 14.5 Å². The fourth-order valence-corrected chi connectivity index (χ4v) is 5.93. The largest absolute Gasteiger partial charge is 0.494 e. The minimum Gasteiger partial charge on any atom is -0.494 e. The first-order valence-corrected chi connectivity index (χ1v) is 13.7. The molecule has 0 unspecified atom stereocenters. The van der Waals surface area contributed by atoms with Gasteiger partial charge in [0.1, 0.15) is 22.2 Å². The average molecular weight is 505 g/mol. The SMILES string of the molecule is CCOc1ccc(OCC)c(S(=O)(=O)N2CCN(c3nc(C)cc(N4CCN(C)CC4)n3)CC2)c1. The Morgan fingerprint density at radius 2 is 1.51 bits per heavy atom. The van der Waals surface area contributed by atoms with Crippen molar-refractivity contribution in [3.63, 3.8) is 0 Å². The molecule has 4 rings (SSSR count). The van der Waals surface area contributed by atoms with Gasteiger partial charge in [-0.1, -0.05) is 0 Å². The van der Waals surface area contributed by atoms with E-state index in [1.165, 1.54) is 4.31 Å². The number of likely N-dealkylation sites (N-methyl/N-ethyl adjacent to an activating group) is 1. The van der Waals surface area contributed by atoms with Crippen molar-refractivity contribution in [1.29, 1.82) is 0 Å². The number of nitrogens with zero attached hydrogens (tertiary/aromatic N) is 6. The van der Waals surface area contributed by atoms with Crippen molar-refractivity contribution >= 4 is 21.8 Å². The molecule has 11 heteroatoms. The molecule has 1 aromatic carbocycles. The number of ether oxygens (including phenoxy) is 2. The van der Waals surface area contributed by atoms with E-state index < -0.39 is 10.0 Å². The summed E-state index contributed by atoms with van der Waals surface area (Å²) < 4.78 is 39.8. The van der Waals surface area contributed by atoms with E-state index in [9.17, 15) is 8.42 Å². The summed E-state index contributed by atoms with van der Waals surface area (Å²) in [6, 6.07) is 6.98. The molecular formula is C24H36N6O4S. The van der Waals surface area contributed by atoms with Gasteiger partial charge in [-0.3, -0.25) is 0 Å². The van der Waals surface area contributed by atoms with Gasteiger partial charge in [-0.05, 0) is 40.0 Å². The highest BCUT2D eigenvalue weighted by Gasteiger charge is 2.32. The molecule has 3 heterocycles. The van der Waals surface area contributed by atoms with Crippen LogP contribution in [0.2, 0.25) is 0 Å². The van der Waals surface area contributed by atoms with Gasteiger partial charge in [-0.2, -0.15) is 9.29 Å². The third kappa shape index (κ3) is 5.79. The molecule has 2 aliphatic heterocycles. The number of hydrogen-bond donors (Lipinski definition) is 0. The Morgan fingerprint density at radius 1 is 0.857 bits per heavy atom. The molecule has 2 saturated heterocycles. The Hall–Kier alpha value is -2.63. The van der Waals surface area contributed by atoms with Crippen LogP contribution < -0.4 is 19.3 Å². The van der Waals surface area contributed by atoms with E-state index in [1.54, 1.807) is 18.2 Å². The average Bonchev–Trinajstić information content (AvgIpc) is 2.85. The smallest absolute Gasteiger partial charge is 0.247 e. The molecule has 1 aromatic heterocycles. The number of aromatic nitrogens is 2. The molecule has 0 bridgehead atoms. The van der Waals surface area contributed by atoms with Gasteiger partial charge in [-0.25, -0.2) is 13.4 Å². The second-order valence-electron chi connectivity index (χ2n) is 8.82. The zero-order valence-electron chi connectivity index (χ0n) is 21.1. The molecule has 2 aromatic rings. The maximum absolute atomic E-state index is 13.6. The van der Waals surface area contributed by atoms with Crippen LogP contribution in [0.4, 0.5) is 11.8 Å². The van der Waals surface area contributed by atoms with Crippen molar-refractivity contribution < 1.29 is 17.9 Å². The Kier molecular flexibility index (Phi) is 7.98. The normalized spacial score (nSPS) is 18.1. The number of aryl methyl sites for hydroxylation is 1. The van der Waals surface area contributed by atoms with Gasteiger partial charge in [0.25, 0.3) is 0 Å². The molecule has 0 N–H and O–H groups in total. The van der Waals surface area contributed by atoms with Crippen LogP contribution >= 0.6 is 0 Å². The van der Waals surface area contributed by atoms with Crippen LogP contribution in [-0.4, -0.2) is 100 Å². The van der Waals surface area contributed by atoms with Gasteiger partial charge in [0, 0.05) is 70.2 Å². The lowest BCUT2D eigenvalue weighted by atomic mass is 10.3. The van der Waals surface area contributed by atoms with Crippen LogP contribution in [0.5, 0.6) is 11.5 Å². The van der Waals surface area contributed by atoms with E-state index in [1.807, 2.05) is 26.8 Å². The lowest BCUT2D eigenvalue weighted by Crippen LogP contribution is -2.49. The lowest BCUT2D eigenvalue weighted by molar-refractivity contribution is 0.312. The Labute approximate surface area is 208 Å². The minimum atomic E-state index is -3.75. The zero-order valence-corrected chi connectivity index (χ0v) is 21.9. The quantitative estimate of drug-likeness (QED) is 0.534. The van der Waals surface area contributed by atoms with Crippen LogP contribution in [0.3, 0.4) is 0 Å². The molecule has 0 amide bonds. The van der Waals surface area contributed by atoms with E-state index in [0.717, 1.165) is 37.7 Å². The predicted octanol–water partition coefficient (Wildman–Crippen LogP) is 1.85. The van der Waals surface area contributed by atoms with Gasteiger partial charge >= 0.3 is 0 Å². The first kappa shape index (κ1) is 25.5. The number of anilines is 2. The summed E-state index contributed by atoms with van der Waals surface area (Å²) in [5.41, 5.74) is 0.910. The van der Waals surface area contributed by atoms with Crippen LogP contribution in [-0.2, 0) is 10.0 Å². The monoisotopic (exact) mass is 504 g/mol. The van der Waals surface area contributed by atoms with Crippen molar-refractivity contribution in [2.75, 3.05) is 82.4 Å². The Morgan fingerprint density at radius 3 is 2.17 bits per heavy atom. The van der Waals surface area contributed by atoms with Crippen LogP contribution in [0.1, 0.15) is 19.5 Å². The van der Waals surface area contributed by atoms with Crippen LogP contribution in [0.25, 0.3) is 0 Å². The third-order valence-corrected chi connectivity index (χ3v) is 8.24. The van der Waals surface area contributed by atoms with Crippen molar-refractivity contribution in [1.82, 2.24) is 19.2 Å². The highest BCUT2D eigenvalue weighted by atomic mass is 32.2. The molecule has 0 saturated carbocycles. The highest BCUT2D eigenvalue weighted by Crippen LogP contribution is 2.32. The number of hydrogen-bond acceptors (Lipinski definition) is 9. The Bertz CT molecular complexity index is 1110. The molecule has 10 nitrogen and oxygen atoms in total. The predicted molar refractivity (Wildman–Crippen MR) is 136 cm³/mol. The summed E-state index contributed by atoms with van der Waals surface area (Å²) in [6.07, 6.45) is 0. The minimum absolute atomic E-state index is 0.142. The second kappa shape index (κ2) is 11.0. The lowest BCUT2D eigenvalue weighted by Gasteiger charge is -2.36. The molecular weight excluding hydrogens is 468 g/mol. The molecule has 0 atom stereocenters. The summed E-state index contributed by atoms with van der Waals surface area (Å²) >= 11 is 0. The topological polar surface area (TPSA) is 91.3 Å². The fourth-order valence-electron chi connectivity index (χ4n) is 4.36. The number of rotatable bonds is 8. The third-order valence-electron chi connectivity index (χ3n) is 6.32. The fraction of sp³-hybridized carbons (Fsp3) is 0.583. The second-order valence-corrected chi connectivity index (χ2v) is 10.7. The van der Waals surface area contributed by atoms with Gasteiger partial charge < -0.3 is 24.2 Å². The van der Waals surface area contributed by atoms with Crippen molar-refractivity contribution in [2.24, 2.45) is 0 Å². The Balaban J connectivity index is 1.49. The van der Waals surface area contributed by atoms with Crippen molar-refractivity contribution in [2.45, 2.75) is 25.7 Å². The molecule has 2 aliphatic rings. The maximum atomic E-state index is 13.6. The maximum Gasteiger partial charge on any atom is 0.247 e. The van der Waals surface area contributed by atoms with Crippen LogP contribution in [0, 0.1) is 6.92 Å².